The number of nitrogens with one attached hydrogen (secondary N) is 1. The summed E-state index contributed by atoms with van der Waals surface area (Å²) in [5, 5.41) is 16.2. The Labute approximate surface area is 109 Å². The number of nitrogens with zero attached hydrogens (tertiary/aromatic N) is 2. The summed E-state index contributed by atoms with van der Waals surface area (Å²) in [7, 11) is 0. The van der Waals surface area contributed by atoms with Gasteiger partial charge in [0.2, 0.25) is 0 Å². The van der Waals surface area contributed by atoms with Crippen molar-refractivity contribution in [3.05, 3.63) is 47.5 Å². The van der Waals surface area contributed by atoms with Gasteiger partial charge in [-0.15, -0.1) is 0 Å². The lowest BCUT2D eigenvalue weighted by Crippen LogP contribution is -2.27. The summed E-state index contributed by atoms with van der Waals surface area (Å²) in [5.41, 5.74) is 0.964. The van der Waals surface area contributed by atoms with Crippen LogP contribution < -0.4 is 5.32 Å². The molecule has 19 heavy (non-hydrogen) atoms. The van der Waals surface area contributed by atoms with Crippen molar-refractivity contribution in [2.45, 2.75) is 13.5 Å². The van der Waals surface area contributed by atoms with E-state index in [9.17, 15) is 14.3 Å². The Morgan fingerprint density at radius 3 is 3.00 bits per heavy atom. The van der Waals surface area contributed by atoms with Gasteiger partial charge in [0.15, 0.2) is 0 Å². The van der Waals surface area contributed by atoms with Crippen molar-refractivity contribution in [3.63, 3.8) is 0 Å². The molecule has 0 bridgehead atoms. The molecular weight excluding hydrogens is 249 g/mol. The van der Waals surface area contributed by atoms with E-state index in [2.05, 4.69) is 10.4 Å². The zero-order valence-electron chi connectivity index (χ0n) is 10.4. The van der Waals surface area contributed by atoms with Crippen LogP contribution in [0.25, 0.3) is 0 Å². The van der Waals surface area contributed by atoms with E-state index < -0.39 is 11.7 Å². The summed E-state index contributed by atoms with van der Waals surface area (Å²) in [4.78, 5) is 11.7. The predicted molar refractivity (Wildman–Crippen MR) is 67.4 cm³/mol. The van der Waals surface area contributed by atoms with Gasteiger partial charge in [-0.2, -0.15) is 5.10 Å². The van der Waals surface area contributed by atoms with Crippen LogP contribution >= 0.6 is 0 Å². The van der Waals surface area contributed by atoms with Crippen LogP contribution in [-0.2, 0) is 6.54 Å². The third-order valence-corrected chi connectivity index (χ3v) is 2.59. The molecule has 0 saturated carbocycles. The van der Waals surface area contributed by atoms with E-state index in [1.807, 2.05) is 13.1 Å². The Morgan fingerprint density at radius 2 is 2.32 bits per heavy atom. The standard InChI is InChI=1S/C13H14FN3O2/c1-9-7-16-17(8-9)5-4-15-13(19)11-6-10(14)2-3-12(11)18/h2-3,6-8,18H,4-5H2,1H3,(H,15,19). The number of aromatic hydroxyl groups is 1. The van der Waals surface area contributed by atoms with Gasteiger partial charge in [-0.3, -0.25) is 9.48 Å². The molecule has 2 N–H and O–H groups in total. The van der Waals surface area contributed by atoms with Crippen LogP contribution in [0.2, 0.25) is 0 Å². The zero-order valence-corrected chi connectivity index (χ0v) is 10.4. The van der Waals surface area contributed by atoms with Gasteiger partial charge in [-0.25, -0.2) is 4.39 Å². The number of aromatic nitrogens is 2. The number of aryl methyl sites for hydroxylation is 1. The minimum atomic E-state index is -0.564. The highest BCUT2D eigenvalue weighted by Gasteiger charge is 2.11. The fourth-order valence-electron chi connectivity index (χ4n) is 1.66. The predicted octanol–water partition coefficient (Wildman–Crippen LogP) is 1.47. The Balaban J connectivity index is 1.92. The van der Waals surface area contributed by atoms with E-state index >= 15 is 0 Å². The van der Waals surface area contributed by atoms with Gasteiger partial charge in [-0.05, 0) is 30.7 Å². The van der Waals surface area contributed by atoms with E-state index in [1.54, 1.807) is 10.9 Å². The highest BCUT2D eigenvalue weighted by atomic mass is 19.1. The Hall–Kier alpha value is -2.37. The average Bonchev–Trinajstić information content (AvgIpc) is 2.78. The van der Waals surface area contributed by atoms with E-state index in [-0.39, 0.29) is 11.3 Å². The molecule has 1 amide bonds. The molecule has 6 heteroatoms. The summed E-state index contributed by atoms with van der Waals surface area (Å²) >= 11 is 0. The second-order valence-electron chi connectivity index (χ2n) is 4.20. The highest BCUT2D eigenvalue weighted by Crippen LogP contribution is 2.17. The molecular formula is C13H14FN3O2. The third kappa shape index (κ3) is 3.31. The number of hydrogen-bond donors (Lipinski definition) is 2. The minimum Gasteiger partial charge on any atom is -0.507 e. The van der Waals surface area contributed by atoms with Crippen molar-refractivity contribution >= 4 is 5.91 Å². The number of phenolic OH excluding ortho intramolecular Hbond substituents is 1. The smallest absolute Gasteiger partial charge is 0.255 e. The van der Waals surface area contributed by atoms with Crippen LogP contribution in [0.15, 0.2) is 30.6 Å². The maximum absolute atomic E-state index is 13.0. The summed E-state index contributed by atoms with van der Waals surface area (Å²) in [5.74, 6) is -1.32. The lowest BCUT2D eigenvalue weighted by molar-refractivity contribution is 0.0949. The fourth-order valence-corrected chi connectivity index (χ4v) is 1.66. The van der Waals surface area contributed by atoms with Gasteiger partial charge in [0.1, 0.15) is 11.6 Å². The fraction of sp³-hybridized carbons (Fsp3) is 0.231. The highest BCUT2D eigenvalue weighted by molar-refractivity contribution is 5.96. The molecule has 5 nitrogen and oxygen atoms in total. The topological polar surface area (TPSA) is 67.2 Å². The number of rotatable bonds is 4. The van der Waals surface area contributed by atoms with Gasteiger partial charge >= 0.3 is 0 Å². The molecule has 0 aliphatic carbocycles. The van der Waals surface area contributed by atoms with Crippen molar-refractivity contribution in [3.8, 4) is 5.75 Å². The molecule has 2 rings (SSSR count). The number of carbonyl (C=O) groups is 1. The molecule has 0 unspecified atom stereocenters. The molecule has 0 atom stereocenters. The Bertz CT molecular complexity index is 595. The lowest BCUT2D eigenvalue weighted by Gasteiger charge is -2.07. The monoisotopic (exact) mass is 263 g/mol. The first-order valence-electron chi connectivity index (χ1n) is 5.82. The van der Waals surface area contributed by atoms with Crippen molar-refractivity contribution in [2.75, 3.05) is 6.54 Å². The summed E-state index contributed by atoms with van der Waals surface area (Å²) in [6.45, 7) is 2.78. The number of phenols is 1. The molecule has 2 aromatic rings. The molecule has 0 radical (unpaired) electrons. The second-order valence-corrected chi connectivity index (χ2v) is 4.20. The quantitative estimate of drug-likeness (QED) is 0.877. The van der Waals surface area contributed by atoms with Gasteiger partial charge in [0.05, 0.1) is 18.3 Å². The SMILES string of the molecule is Cc1cnn(CCNC(=O)c2cc(F)ccc2O)c1. The first kappa shape index (κ1) is 13.1. The molecule has 0 fully saturated rings. The number of halogens is 1. The number of hydrogen-bond acceptors (Lipinski definition) is 3. The van der Waals surface area contributed by atoms with Gasteiger partial charge in [0, 0.05) is 12.7 Å². The zero-order chi connectivity index (χ0) is 13.8. The normalized spacial score (nSPS) is 10.4. The first-order chi connectivity index (χ1) is 9.06. The minimum absolute atomic E-state index is 0.0726. The molecule has 0 saturated heterocycles. The summed E-state index contributed by atoms with van der Waals surface area (Å²) in [6, 6.07) is 3.25. The van der Waals surface area contributed by atoms with Crippen LogP contribution in [0.5, 0.6) is 5.75 Å². The number of amides is 1. The molecule has 0 spiro atoms. The number of benzene rings is 1. The largest absolute Gasteiger partial charge is 0.507 e. The average molecular weight is 263 g/mol. The molecule has 0 aliphatic heterocycles. The van der Waals surface area contributed by atoms with E-state index in [0.29, 0.717) is 13.1 Å². The maximum atomic E-state index is 13.0. The van der Waals surface area contributed by atoms with Crippen molar-refractivity contribution in [1.82, 2.24) is 15.1 Å². The lowest BCUT2D eigenvalue weighted by atomic mass is 10.2. The van der Waals surface area contributed by atoms with Gasteiger partial charge < -0.3 is 10.4 Å². The van der Waals surface area contributed by atoms with Crippen LogP contribution in [0.4, 0.5) is 4.39 Å². The van der Waals surface area contributed by atoms with Crippen LogP contribution in [-0.4, -0.2) is 27.3 Å². The summed E-state index contributed by atoms with van der Waals surface area (Å²) < 4.78 is 14.7. The number of carbonyl (C=O) groups excluding carboxylic acids is 1. The van der Waals surface area contributed by atoms with Crippen LogP contribution in [0.1, 0.15) is 15.9 Å². The molecule has 0 aliphatic rings. The van der Waals surface area contributed by atoms with E-state index in [0.717, 1.165) is 23.8 Å². The van der Waals surface area contributed by atoms with Crippen molar-refractivity contribution < 1.29 is 14.3 Å². The molecule has 1 heterocycles. The third-order valence-electron chi connectivity index (χ3n) is 2.59. The van der Waals surface area contributed by atoms with E-state index in [4.69, 9.17) is 0 Å². The Morgan fingerprint density at radius 1 is 1.53 bits per heavy atom. The van der Waals surface area contributed by atoms with Crippen LogP contribution in [0.3, 0.4) is 0 Å². The maximum Gasteiger partial charge on any atom is 0.255 e. The Kier molecular flexibility index (Phi) is 3.79. The van der Waals surface area contributed by atoms with E-state index in [1.165, 1.54) is 0 Å². The van der Waals surface area contributed by atoms with Crippen molar-refractivity contribution in [1.29, 1.82) is 0 Å². The second kappa shape index (κ2) is 5.51. The van der Waals surface area contributed by atoms with Gasteiger partial charge in [0.25, 0.3) is 5.91 Å². The van der Waals surface area contributed by atoms with Crippen molar-refractivity contribution in [2.24, 2.45) is 0 Å². The molecule has 100 valence electrons. The van der Waals surface area contributed by atoms with Crippen LogP contribution in [0, 0.1) is 12.7 Å². The molecule has 1 aromatic heterocycles. The molecule has 1 aromatic carbocycles. The first-order valence-corrected chi connectivity index (χ1v) is 5.82. The van der Waals surface area contributed by atoms with Gasteiger partial charge in [-0.1, -0.05) is 0 Å². The summed E-state index contributed by atoms with van der Waals surface area (Å²) in [6.07, 6.45) is 3.58.